The van der Waals surface area contributed by atoms with E-state index >= 15 is 0 Å². The lowest BCUT2D eigenvalue weighted by Crippen LogP contribution is -2.38. The molecule has 0 bridgehead atoms. The molecule has 2 aliphatic rings. The van der Waals surface area contributed by atoms with Gasteiger partial charge in [-0.15, -0.1) is 0 Å². The lowest BCUT2D eigenvalue weighted by molar-refractivity contribution is -0.120. The van der Waals surface area contributed by atoms with E-state index in [1.807, 2.05) is 0 Å². The zero-order valence-corrected chi connectivity index (χ0v) is 16.7. The number of aromatic nitrogens is 2. The van der Waals surface area contributed by atoms with Crippen molar-refractivity contribution in [3.63, 3.8) is 0 Å². The van der Waals surface area contributed by atoms with Crippen LogP contribution < -0.4 is 10.2 Å². The van der Waals surface area contributed by atoms with Crippen molar-refractivity contribution in [3.8, 4) is 0 Å². The molecule has 1 aliphatic carbocycles. The van der Waals surface area contributed by atoms with Gasteiger partial charge in [-0.2, -0.15) is 0 Å². The second-order valence-corrected chi connectivity index (χ2v) is 9.64. The van der Waals surface area contributed by atoms with Gasteiger partial charge in [0.1, 0.15) is 12.1 Å². The molecule has 1 aromatic heterocycles. The molecule has 1 saturated heterocycles. The van der Waals surface area contributed by atoms with Gasteiger partial charge in [-0.25, -0.2) is 18.4 Å². The van der Waals surface area contributed by atoms with Gasteiger partial charge in [-0.05, 0) is 49.9 Å². The smallest absolute Gasteiger partial charge is 0.227 e. The number of nitrogens with zero attached hydrogens (tertiary/aromatic N) is 3. The normalized spacial score (nSPS) is 18.1. The van der Waals surface area contributed by atoms with Crippen molar-refractivity contribution in [2.45, 2.75) is 36.5 Å². The van der Waals surface area contributed by atoms with Crippen molar-refractivity contribution >= 4 is 27.2 Å². The summed E-state index contributed by atoms with van der Waals surface area (Å²) in [6.07, 6.45) is 6.75. The second kappa shape index (κ2) is 7.50. The maximum atomic E-state index is 12.6. The van der Waals surface area contributed by atoms with E-state index in [4.69, 9.17) is 0 Å². The molecule has 0 radical (unpaired) electrons. The van der Waals surface area contributed by atoms with E-state index < -0.39 is 9.84 Å². The number of hydrogen-bond acceptors (Lipinski definition) is 6. The molecule has 4 rings (SSSR count). The monoisotopic (exact) mass is 400 g/mol. The summed E-state index contributed by atoms with van der Waals surface area (Å²) < 4.78 is 23.0. The Balaban J connectivity index is 1.33. The van der Waals surface area contributed by atoms with Gasteiger partial charge in [-0.3, -0.25) is 4.79 Å². The highest BCUT2D eigenvalue weighted by Gasteiger charge is 2.28. The summed E-state index contributed by atoms with van der Waals surface area (Å²) in [5.41, 5.74) is 1.74. The maximum Gasteiger partial charge on any atom is 0.227 e. The number of benzene rings is 1. The SMILES string of the molecule is CS(=O)(=O)c1ccc(NC(=O)C2CCN(c3cc(C4CC4)ncn3)CC2)cc1. The molecule has 1 aliphatic heterocycles. The Kier molecular flexibility index (Phi) is 5.05. The third kappa shape index (κ3) is 4.32. The third-order valence-corrected chi connectivity index (χ3v) is 6.54. The van der Waals surface area contributed by atoms with Crippen LogP contribution in [0.25, 0.3) is 0 Å². The Hall–Kier alpha value is -2.48. The van der Waals surface area contributed by atoms with Gasteiger partial charge in [0.2, 0.25) is 5.91 Å². The molecule has 2 fully saturated rings. The van der Waals surface area contributed by atoms with Crippen molar-refractivity contribution < 1.29 is 13.2 Å². The number of sulfone groups is 1. The van der Waals surface area contributed by atoms with Crippen LogP contribution >= 0.6 is 0 Å². The first kappa shape index (κ1) is 18.9. The average Bonchev–Trinajstić information content (AvgIpc) is 3.53. The predicted octanol–water partition coefficient (Wildman–Crippen LogP) is 2.61. The van der Waals surface area contributed by atoms with E-state index in [0.29, 0.717) is 11.6 Å². The number of rotatable bonds is 5. The molecule has 1 N–H and O–H groups in total. The van der Waals surface area contributed by atoms with Crippen molar-refractivity contribution in [1.29, 1.82) is 0 Å². The van der Waals surface area contributed by atoms with Gasteiger partial charge in [0.25, 0.3) is 0 Å². The first-order valence-electron chi connectivity index (χ1n) is 9.58. The molecule has 0 atom stereocenters. The predicted molar refractivity (Wildman–Crippen MR) is 107 cm³/mol. The molecule has 1 aromatic carbocycles. The van der Waals surface area contributed by atoms with Crippen molar-refractivity contribution in [2.75, 3.05) is 29.6 Å². The minimum Gasteiger partial charge on any atom is -0.356 e. The summed E-state index contributed by atoms with van der Waals surface area (Å²) in [5.74, 6) is 1.47. The molecular formula is C20H24N4O3S. The third-order valence-electron chi connectivity index (χ3n) is 5.41. The number of nitrogens with one attached hydrogen (secondary N) is 1. The molecule has 2 heterocycles. The summed E-state index contributed by atoms with van der Waals surface area (Å²) in [7, 11) is -3.23. The van der Waals surface area contributed by atoms with Crippen LogP contribution in [0.3, 0.4) is 0 Å². The number of hydrogen-bond donors (Lipinski definition) is 1. The minimum atomic E-state index is -3.23. The fourth-order valence-electron chi connectivity index (χ4n) is 3.54. The van der Waals surface area contributed by atoms with Crippen molar-refractivity contribution in [3.05, 3.63) is 42.4 Å². The molecule has 0 unspecified atom stereocenters. The number of carbonyl (C=O) groups excluding carboxylic acids is 1. The maximum absolute atomic E-state index is 12.6. The lowest BCUT2D eigenvalue weighted by Gasteiger charge is -2.32. The largest absolute Gasteiger partial charge is 0.356 e. The first-order valence-corrected chi connectivity index (χ1v) is 11.5. The van der Waals surface area contributed by atoms with Gasteiger partial charge < -0.3 is 10.2 Å². The molecular weight excluding hydrogens is 376 g/mol. The topological polar surface area (TPSA) is 92.3 Å². The molecule has 1 amide bonds. The molecule has 7 nitrogen and oxygen atoms in total. The molecule has 2 aromatic rings. The Labute approximate surface area is 165 Å². The van der Waals surface area contributed by atoms with Gasteiger partial charge in [0.05, 0.1) is 4.90 Å². The van der Waals surface area contributed by atoms with Gasteiger partial charge >= 0.3 is 0 Å². The Morgan fingerprint density at radius 3 is 2.36 bits per heavy atom. The van der Waals surface area contributed by atoms with E-state index in [1.54, 1.807) is 18.5 Å². The zero-order chi connectivity index (χ0) is 19.7. The van der Waals surface area contributed by atoms with E-state index in [1.165, 1.54) is 31.2 Å². The summed E-state index contributed by atoms with van der Waals surface area (Å²) in [6.45, 7) is 1.57. The first-order chi connectivity index (χ1) is 13.4. The van der Waals surface area contributed by atoms with E-state index in [-0.39, 0.29) is 16.7 Å². The summed E-state index contributed by atoms with van der Waals surface area (Å²) in [4.78, 5) is 23.8. The fraction of sp³-hybridized carbons (Fsp3) is 0.450. The quantitative estimate of drug-likeness (QED) is 0.829. The molecule has 148 valence electrons. The van der Waals surface area contributed by atoms with E-state index in [0.717, 1.165) is 37.4 Å². The second-order valence-electron chi connectivity index (χ2n) is 7.62. The average molecular weight is 401 g/mol. The standard InChI is InChI=1S/C20H24N4O3S/c1-28(26,27)17-6-4-16(5-7-17)23-20(25)15-8-10-24(11-9-15)19-12-18(14-2-3-14)21-13-22-19/h4-7,12-15H,2-3,8-11H2,1H3,(H,23,25). The van der Waals surface area contributed by atoms with Crippen LogP contribution in [0.2, 0.25) is 0 Å². The number of carbonyl (C=O) groups is 1. The van der Waals surface area contributed by atoms with Crippen LogP contribution in [0, 0.1) is 5.92 Å². The van der Waals surface area contributed by atoms with Crippen molar-refractivity contribution in [2.24, 2.45) is 5.92 Å². The minimum absolute atomic E-state index is 0.0203. The van der Waals surface area contributed by atoms with Crippen LogP contribution in [-0.2, 0) is 14.6 Å². The highest BCUT2D eigenvalue weighted by atomic mass is 32.2. The zero-order valence-electron chi connectivity index (χ0n) is 15.8. The lowest BCUT2D eigenvalue weighted by atomic mass is 9.95. The van der Waals surface area contributed by atoms with Crippen LogP contribution in [0.4, 0.5) is 11.5 Å². The van der Waals surface area contributed by atoms with Crippen LogP contribution in [0.1, 0.15) is 37.3 Å². The fourth-order valence-corrected chi connectivity index (χ4v) is 4.17. The Bertz CT molecular complexity index is 963. The summed E-state index contributed by atoms with van der Waals surface area (Å²) >= 11 is 0. The van der Waals surface area contributed by atoms with Crippen LogP contribution in [0.5, 0.6) is 0 Å². The van der Waals surface area contributed by atoms with Gasteiger partial charge in [0.15, 0.2) is 9.84 Å². The molecule has 8 heteroatoms. The number of piperidine rings is 1. The number of amides is 1. The van der Waals surface area contributed by atoms with Crippen molar-refractivity contribution in [1.82, 2.24) is 9.97 Å². The highest BCUT2D eigenvalue weighted by Crippen LogP contribution is 2.39. The van der Waals surface area contributed by atoms with Gasteiger partial charge in [0, 0.05) is 48.6 Å². The molecule has 1 saturated carbocycles. The number of anilines is 2. The van der Waals surface area contributed by atoms with Gasteiger partial charge in [-0.1, -0.05) is 0 Å². The van der Waals surface area contributed by atoms with E-state index in [2.05, 4.69) is 26.3 Å². The van der Waals surface area contributed by atoms with Crippen LogP contribution in [-0.4, -0.2) is 43.6 Å². The summed E-state index contributed by atoms with van der Waals surface area (Å²) in [5, 5.41) is 2.90. The Morgan fingerprint density at radius 1 is 1.07 bits per heavy atom. The highest BCUT2D eigenvalue weighted by molar-refractivity contribution is 7.90. The molecule has 0 spiro atoms. The van der Waals surface area contributed by atoms with E-state index in [9.17, 15) is 13.2 Å². The molecule has 28 heavy (non-hydrogen) atoms. The van der Waals surface area contributed by atoms with Crippen LogP contribution in [0.15, 0.2) is 41.6 Å². The Morgan fingerprint density at radius 2 is 1.75 bits per heavy atom. The summed E-state index contributed by atoms with van der Waals surface area (Å²) in [6, 6.07) is 8.37.